The van der Waals surface area contributed by atoms with Crippen molar-refractivity contribution in [1.82, 2.24) is 5.32 Å². The molecule has 3 amide bonds. The van der Waals surface area contributed by atoms with Crippen molar-refractivity contribution < 1.29 is 27.3 Å². The molecule has 1 aliphatic carbocycles. The number of nitrogens with one attached hydrogen (secondary N) is 2. The van der Waals surface area contributed by atoms with E-state index in [1.807, 2.05) is 0 Å². The summed E-state index contributed by atoms with van der Waals surface area (Å²) in [4.78, 5) is 27.1. The van der Waals surface area contributed by atoms with Gasteiger partial charge in [-0.3, -0.25) is 4.79 Å². The lowest BCUT2D eigenvalue weighted by Gasteiger charge is -2.20. The SMILES string of the molecule is Cc1ccc(NC(=O)N[C@H]2C(=O)N(c3ccc(-c4ccccc4P(C)(C)=O)c(F)c3F)CC23CC3)c(F)c1. The van der Waals surface area contributed by atoms with E-state index >= 15 is 8.78 Å². The van der Waals surface area contributed by atoms with E-state index < -0.39 is 48.0 Å². The van der Waals surface area contributed by atoms with E-state index in [0.29, 0.717) is 29.3 Å². The Balaban J connectivity index is 1.41. The number of nitrogens with zero attached hydrogens (tertiary/aromatic N) is 1. The Kier molecular flexibility index (Phi) is 6.38. The summed E-state index contributed by atoms with van der Waals surface area (Å²) >= 11 is 0. The Labute approximate surface area is 218 Å². The molecule has 0 aromatic heterocycles. The monoisotopic (exact) mass is 541 g/mol. The van der Waals surface area contributed by atoms with Gasteiger partial charge in [-0.2, -0.15) is 0 Å². The van der Waals surface area contributed by atoms with Crippen LogP contribution in [0, 0.1) is 29.8 Å². The van der Waals surface area contributed by atoms with Crippen molar-refractivity contribution in [3.05, 3.63) is 77.6 Å². The predicted octanol–water partition coefficient (Wildman–Crippen LogP) is 5.64. The first kappa shape index (κ1) is 26.0. The summed E-state index contributed by atoms with van der Waals surface area (Å²) in [5.74, 6) is -3.53. The van der Waals surface area contributed by atoms with E-state index in [4.69, 9.17) is 0 Å². The number of rotatable bonds is 5. The van der Waals surface area contributed by atoms with Crippen molar-refractivity contribution in [2.75, 3.05) is 30.1 Å². The smallest absolute Gasteiger partial charge is 0.319 e. The maximum Gasteiger partial charge on any atom is 0.319 e. The zero-order valence-electron chi connectivity index (χ0n) is 21.1. The number of anilines is 2. The first-order valence-electron chi connectivity index (χ1n) is 12.2. The van der Waals surface area contributed by atoms with Gasteiger partial charge in [0.05, 0.1) is 11.4 Å². The molecule has 198 valence electrons. The summed E-state index contributed by atoms with van der Waals surface area (Å²) in [5, 5.41) is 5.46. The van der Waals surface area contributed by atoms with Crippen LogP contribution in [0.3, 0.4) is 0 Å². The molecule has 3 aromatic rings. The molecule has 1 heterocycles. The Morgan fingerprint density at radius 3 is 2.37 bits per heavy atom. The summed E-state index contributed by atoms with van der Waals surface area (Å²) in [6, 6.07) is 11.9. The molecule has 1 spiro atoms. The Morgan fingerprint density at radius 2 is 1.71 bits per heavy atom. The first-order chi connectivity index (χ1) is 17.9. The number of benzene rings is 3. The number of carbonyl (C=O) groups excluding carboxylic acids is 2. The summed E-state index contributed by atoms with van der Waals surface area (Å²) in [6.07, 6.45) is 1.24. The molecule has 2 aliphatic rings. The highest BCUT2D eigenvalue weighted by atomic mass is 31.2. The molecule has 3 aromatic carbocycles. The fourth-order valence-corrected chi connectivity index (χ4v) is 6.29. The lowest BCUT2D eigenvalue weighted by molar-refractivity contribution is -0.119. The van der Waals surface area contributed by atoms with Crippen LogP contribution in [0.2, 0.25) is 0 Å². The lowest BCUT2D eigenvalue weighted by Crippen LogP contribution is -2.46. The third kappa shape index (κ3) is 4.60. The highest BCUT2D eigenvalue weighted by Crippen LogP contribution is 2.54. The van der Waals surface area contributed by atoms with Crippen molar-refractivity contribution in [2.24, 2.45) is 5.41 Å². The van der Waals surface area contributed by atoms with Crippen LogP contribution in [0.4, 0.5) is 29.3 Å². The molecule has 10 heteroatoms. The molecular formula is C28H27F3N3O3P. The van der Waals surface area contributed by atoms with Gasteiger partial charge in [-0.05, 0) is 68.5 Å². The van der Waals surface area contributed by atoms with Gasteiger partial charge in [0.15, 0.2) is 11.6 Å². The van der Waals surface area contributed by atoms with Gasteiger partial charge >= 0.3 is 6.03 Å². The van der Waals surface area contributed by atoms with Gasteiger partial charge < -0.3 is 20.1 Å². The number of carbonyl (C=O) groups is 2. The summed E-state index contributed by atoms with van der Waals surface area (Å²) < 4.78 is 57.8. The fraction of sp³-hybridized carbons (Fsp3) is 0.286. The average molecular weight is 542 g/mol. The normalized spacial score (nSPS) is 18.1. The predicted molar refractivity (Wildman–Crippen MR) is 142 cm³/mol. The zero-order valence-corrected chi connectivity index (χ0v) is 22.0. The molecule has 5 rings (SSSR count). The topological polar surface area (TPSA) is 78.5 Å². The second-order valence-corrected chi connectivity index (χ2v) is 13.6. The number of hydrogen-bond donors (Lipinski definition) is 2. The Hall–Kier alpha value is -3.58. The average Bonchev–Trinajstić information content (AvgIpc) is 3.59. The first-order valence-corrected chi connectivity index (χ1v) is 14.8. The van der Waals surface area contributed by atoms with E-state index in [9.17, 15) is 18.5 Å². The second-order valence-electron chi connectivity index (χ2n) is 10.4. The van der Waals surface area contributed by atoms with E-state index in [1.165, 1.54) is 24.3 Å². The molecule has 1 saturated heterocycles. The molecule has 38 heavy (non-hydrogen) atoms. The maximum absolute atomic E-state index is 15.4. The lowest BCUT2D eigenvalue weighted by atomic mass is 10.0. The van der Waals surface area contributed by atoms with Gasteiger partial charge in [0.1, 0.15) is 19.0 Å². The molecule has 1 saturated carbocycles. The van der Waals surface area contributed by atoms with Gasteiger partial charge in [-0.25, -0.2) is 18.0 Å². The number of hydrogen-bond acceptors (Lipinski definition) is 3. The van der Waals surface area contributed by atoms with Crippen LogP contribution in [0.25, 0.3) is 11.1 Å². The van der Waals surface area contributed by atoms with Crippen molar-refractivity contribution in [2.45, 2.75) is 25.8 Å². The van der Waals surface area contributed by atoms with Crippen LogP contribution in [0.5, 0.6) is 0 Å². The van der Waals surface area contributed by atoms with Crippen molar-refractivity contribution in [1.29, 1.82) is 0 Å². The second kappa shape index (κ2) is 9.31. The minimum atomic E-state index is -2.78. The van der Waals surface area contributed by atoms with Gasteiger partial charge in [0, 0.05) is 22.8 Å². The van der Waals surface area contributed by atoms with E-state index in [2.05, 4.69) is 10.6 Å². The molecule has 0 bridgehead atoms. The molecule has 1 aliphatic heterocycles. The molecule has 1 atom stereocenters. The number of aryl methyl sites for hydroxylation is 1. The number of urea groups is 1. The quantitative estimate of drug-likeness (QED) is 0.410. The van der Waals surface area contributed by atoms with Gasteiger partial charge in [-0.15, -0.1) is 0 Å². The highest BCUT2D eigenvalue weighted by molar-refractivity contribution is 7.70. The molecule has 2 N–H and O–H groups in total. The third-order valence-electron chi connectivity index (χ3n) is 7.27. The third-order valence-corrected chi connectivity index (χ3v) is 8.82. The number of amides is 3. The summed E-state index contributed by atoms with van der Waals surface area (Å²) in [6.45, 7) is 4.95. The van der Waals surface area contributed by atoms with Crippen LogP contribution < -0.4 is 20.8 Å². The maximum atomic E-state index is 15.4. The van der Waals surface area contributed by atoms with Crippen LogP contribution in [-0.2, 0) is 9.36 Å². The van der Waals surface area contributed by atoms with E-state index in [-0.39, 0.29) is 23.5 Å². The summed E-state index contributed by atoms with van der Waals surface area (Å²) in [7, 11) is -2.78. The molecule has 0 radical (unpaired) electrons. The van der Waals surface area contributed by atoms with Crippen LogP contribution in [0.1, 0.15) is 18.4 Å². The van der Waals surface area contributed by atoms with Crippen LogP contribution in [0.15, 0.2) is 54.6 Å². The largest absolute Gasteiger partial charge is 0.325 e. The van der Waals surface area contributed by atoms with Gasteiger partial charge in [-0.1, -0.05) is 30.3 Å². The number of halogens is 3. The van der Waals surface area contributed by atoms with Crippen molar-refractivity contribution in [3.8, 4) is 11.1 Å². The fourth-order valence-electron chi connectivity index (χ4n) is 5.07. The van der Waals surface area contributed by atoms with Gasteiger partial charge in [0.25, 0.3) is 0 Å². The van der Waals surface area contributed by atoms with Crippen molar-refractivity contribution in [3.63, 3.8) is 0 Å². The van der Waals surface area contributed by atoms with E-state index in [0.717, 1.165) is 4.90 Å². The Bertz CT molecular complexity index is 1520. The molecular weight excluding hydrogens is 514 g/mol. The van der Waals surface area contributed by atoms with Crippen LogP contribution >= 0.6 is 7.14 Å². The molecule has 2 fully saturated rings. The summed E-state index contributed by atoms with van der Waals surface area (Å²) in [5.41, 5.74) is 0.0981. The molecule has 0 unspecified atom stereocenters. The van der Waals surface area contributed by atoms with Crippen molar-refractivity contribution >= 4 is 35.8 Å². The standard InChI is InChI=1S/C28H27F3N3O3P/c1-16-8-10-20(19(29)14-16)32-27(36)33-25-26(35)34(15-28(25)12-13-28)21-11-9-18(23(30)24(21)31)17-6-4-5-7-22(17)38(2,3)37/h4-11,14,25H,12-13,15H2,1-3H3,(H2,32,33,36)/t25-/m0/s1. The Morgan fingerprint density at radius 1 is 1.00 bits per heavy atom. The van der Waals surface area contributed by atoms with Crippen LogP contribution in [-0.4, -0.2) is 37.9 Å². The molecule has 6 nitrogen and oxygen atoms in total. The van der Waals surface area contributed by atoms with E-state index in [1.54, 1.807) is 50.6 Å². The minimum Gasteiger partial charge on any atom is -0.325 e. The van der Waals surface area contributed by atoms with Gasteiger partial charge in [0.2, 0.25) is 5.91 Å². The zero-order chi connectivity index (χ0) is 27.4. The minimum absolute atomic E-state index is 0.0343. The highest BCUT2D eigenvalue weighted by Gasteiger charge is 2.60.